The summed E-state index contributed by atoms with van der Waals surface area (Å²) in [7, 11) is 0. The van der Waals surface area contributed by atoms with Gasteiger partial charge >= 0.3 is 0 Å². The van der Waals surface area contributed by atoms with Crippen molar-refractivity contribution in [2.75, 3.05) is 0 Å². The smallest absolute Gasteiger partial charge is 0.123 e. The Morgan fingerprint density at radius 1 is 0.720 bits per heavy atom. The molecule has 4 N–H and O–H groups in total. The highest BCUT2D eigenvalue weighted by Gasteiger charge is 2.16. The molecule has 0 radical (unpaired) electrons. The van der Waals surface area contributed by atoms with E-state index in [4.69, 9.17) is 0 Å². The van der Waals surface area contributed by atoms with Crippen LogP contribution in [0.1, 0.15) is 35.1 Å². The lowest BCUT2D eigenvalue weighted by Gasteiger charge is -2.17. The van der Waals surface area contributed by atoms with Gasteiger partial charge in [-0.2, -0.15) is 0 Å². The predicted octanol–water partition coefficient (Wildman–Crippen LogP) is 4.25. The van der Waals surface area contributed by atoms with Crippen molar-refractivity contribution >= 4 is 0 Å². The van der Waals surface area contributed by atoms with Crippen molar-refractivity contribution in [3.05, 3.63) is 82.9 Å². The molecule has 0 fully saturated rings. The summed E-state index contributed by atoms with van der Waals surface area (Å²) in [6, 6.07) is 16.8. The van der Waals surface area contributed by atoms with Crippen molar-refractivity contribution in [1.82, 2.24) is 0 Å². The zero-order valence-electron chi connectivity index (χ0n) is 13.8. The predicted molar refractivity (Wildman–Crippen MR) is 96.3 cm³/mol. The minimum absolute atomic E-state index is 0.0345. The van der Waals surface area contributed by atoms with Crippen molar-refractivity contribution in [1.29, 1.82) is 0 Å². The van der Waals surface area contributed by atoms with Gasteiger partial charge in [-0.15, -0.1) is 0 Å². The third-order valence-corrected chi connectivity index (χ3v) is 4.42. The molecule has 0 amide bonds. The minimum atomic E-state index is -0.0974. The Hall–Kier alpha value is -3.14. The van der Waals surface area contributed by atoms with Crippen LogP contribution in [-0.2, 0) is 6.42 Å². The number of rotatable bonds is 4. The van der Waals surface area contributed by atoms with Gasteiger partial charge in [0.1, 0.15) is 23.0 Å². The average Bonchev–Trinajstić information content (AvgIpc) is 2.59. The van der Waals surface area contributed by atoms with Crippen molar-refractivity contribution in [2.45, 2.75) is 19.3 Å². The lowest BCUT2D eigenvalue weighted by molar-refractivity contribution is 0.441. The van der Waals surface area contributed by atoms with Crippen LogP contribution in [0, 0.1) is 0 Å². The van der Waals surface area contributed by atoms with E-state index >= 15 is 0 Å². The van der Waals surface area contributed by atoms with Gasteiger partial charge in [0.2, 0.25) is 0 Å². The van der Waals surface area contributed by atoms with E-state index in [1.165, 1.54) is 6.07 Å². The maximum atomic E-state index is 10.3. The van der Waals surface area contributed by atoms with Crippen molar-refractivity contribution < 1.29 is 20.4 Å². The van der Waals surface area contributed by atoms with E-state index in [0.29, 0.717) is 17.5 Å². The Labute approximate surface area is 146 Å². The molecule has 0 aliphatic rings. The molecule has 0 saturated carbocycles. The molecule has 4 heteroatoms. The Balaban J connectivity index is 1.94. The number of phenols is 4. The largest absolute Gasteiger partial charge is 0.508 e. The quantitative estimate of drug-likeness (QED) is 0.574. The van der Waals surface area contributed by atoms with Crippen LogP contribution in [0.25, 0.3) is 0 Å². The van der Waals surface area contributed by atoms with Crippen molar-refractivity contribution in [3.8, 4) is 23.0 Å². The van der Waals surface area contributed by atoms with Gasteiger partial charge in [-0.1, -0.05) is 31.2 Å². The standard InChI is InChI=1S/C21H20O4/c1-13(15-4-8-18(23)9-5-15)19-11-16(20(24)12-21(19)25)10-14-2-6-17(22)7-3-14/h2-9,11-13,22-25H,10H2,1H3. The molecule has 0 heterocycles. The van der Waals surface area contributed by atoms with E-state index in [9.17, 15) is 20.4 Å². The molecular formula is C21H20O4. The topological polar surface area (TPSA) is 80.9 Å². The second-order valence-electron chi connectivity index (χ2n) is 6.20. The number of phenolic OH excluding ortho intramolecular Hbond substituents is 4. The van der Waals surface area contributed by atoms with Gasteiger partial charge in [0.25, 0.3) is 0 Å². The molecule has 1 atom stereocenters. The summed E-state index contributed by atoms with van der Waals surface area (Å²) in [5, 5.41) is 39.2. The first-order chi connectivity index (χ1) is 11.9. The Bertz CT molecular complexity index is 868. The van der Waals surface area contributed by atoms with Gasteiger partial charge in [0.05, 0.1) is 0 Å². The maximum Gasteiger partial charge on any atom is 0.123 e. The van der Waals surface area contributed by atoms with E-state index in [1.54, 1.807) is 42.5 Å². The van der Waals surface area contributed by atoms with E-state index in [1.807, 2.05) is 19.1 Å². The number of benzene rings is 3. The Morgan fingerprint density at radius 3 is 1.88 bits per heavy atom. The summed E-state index contributed by atoms with van der Waals surface area (Å²) < 4.78 is 0. The first-order valence-corrected chi connectivity index (χ1v) is 8.05. The molecule has 3 rings (SSSR count). The van der Waals surface area contributed by atoms with Crippen molar-refractivity contribution in [3.63, 3.8) is 0 Å². The highest BCUT2D eigenvalue weighted by atomic mass is 16.3. The third kappa shape index (κ3) is 3.69. The van der Waals surface area contributed by atoms with E-state index in [0.717, 1.165) is 11.1 Å². The molecule has 1 unspecified atom stereocenters. The number of aromatic hydroxyl groups is 4. The van der Waals surface area contributed by atoms with Crippen LogP contribution in [0.3, 0.4) is 0 Å². The molecule has 3 aromatic carbocycles. The molecule has 0 bridgehead atoms. The van der Waals surface area contributed by atoms with Crippen LogP contribution in [0.2, 0.25) is 0 Å². The Kier molecular flexibility index (Phi) is 4.52. The summed E-state index contributed by atoms with van der Waals surface area (Å²) in [5.41, 5.74) is 3.30. The second-order valence-corrected chi connectivity index (χ2v) is 6.20. The molecular weight excluding hydrogens is 316 g/mol. The normalized spacial score (nSPS) is 12.0. The van der Waals surface area contributed by atoms with Gasteiger partial charge in [-0.05, 0) is 47.0 Å². The molecule has 128 valence electrons. The molecule has 0 aromatic heterocycles. The Morgan fingerprint density at radius 2 is 1.28 bits per heavy atom. The van der Waals surface area contributed by atoms with Crippen LogP contribution in [0.4, 0.5) is 0 Å². The maximum absolute atomic E-state index is 10.3. The first-order valence-electron chi connectivity index (χ1n) is 8.05. The minimum Gasteiger partial charge on any atom is -0.508 e. The zero-order valence-corrected chi connectivity index (χ0v) is 13.8. The fraction of sp³-hybridized carbons (Fsp3) is 0.143. The molecule has 0 aliphatic heterocycles. The molecule has 0 spiro atoms. The van der Waals surface area contributed by atoms with Gasteiger partial charge in [-0.3, -0.25) is 0 Å². The first kappa shape index (κ1) is 16.7. The van der Waals surface area contributed by atoms with Crippen molar-refractivity contribution in [2.24, 2.45) is 0 Å². The average molecular weight is 336 g/mol. The molecule has 0 saturated heterocycles. The van der Waals surface area contributed by atoms with Crippen LogP contribution >= 0.6 is 0 Å². The number of hydrogen-bond donors (Lipinski definition) is 4. The monoisotopic (exact) mass is 336 g/mol. The fourth-order valence-corrected chi connectivity index (χ4v) is 2.91. The summed E-state index contributed by atoms with van der Waals surface area (Å²) in [5.74, 6) is 0.360. The van der Waals surface area contributed by atoms with Gasteiger partial charge in [-0.25, -0.2) is 0 Å². The number of hydrogen-bond acceptors (Lipinski definition) is 4. The highest BCUT2D eigenvalue weighted by molar-refractivity contribution is 5.51. The highest BCUT2D eigenvalue weighted by Crippen LogP contribution is 2.36. The molecule has 4 nitrogen and oxygen atoms in total. The zero-order chi connectivity index (χ0) is 18.0. The second kappa shape index (κ2) is 6.77. The van der Waals surface area contributed by atoms with Gasteiger partial charge in [0, 0.05) is 24.0 Å². The van der Waals surface area contributed by atoms with E-state index < -0.39 is 0 Å². The van der Waals surface area contributed by atoms with Crippen LogP contribution in [-0.4, -0.2) is 20.4 Å². The fourth-order valence-electron chi connectivity index (χ4n) is 2.91. The summed E-state index contributed by atoms with van der Waals surface area (Å²) >= 11 is 0. The van der Waals surface area contributed by atoms with Gasteiger partial charge in [0.15, 0.2) is 0 Å². The third-order valence-electron chi connectivity index (χ3n) is 4.42. The van der Waals surface area contributed by atoms with Crippen LogP contribution in [0.15, 0.2) is 60.7 Å². The lowest BCUT2D eigenvalue weighted by atomic mass is 9.90. The van der Waals surface area contributed by atoms with Crippen LogP contribution in [0.5, 0.6) is 23.0 Å². The van der Waals surface area contributed by atoms with Crippen LogP contribution < -0.4 is 0 Å². The van der Waals surface area contributed by atoms with E-state index in [-0.39, 0.29) is 28.9 Å². The molecule has 3 aromatic rings. The van der Waals surface area contributed by atoms with Gasteiger partial charge < -0.3 is 20.4 Å². The summed E-state index contributed by atoms with van der Waals surface area (Å²) in [4.78, 5) is 0. The lowest BCUT2D eigenvalue weighted by Crippen LogP contribution is -1.99. The molecule has 0 aliphatic carbocycles. The SMILES string of the molecule is CC(c1ccc(O)cc1)c1cc(Cc2ccc(O)cc2)c(O)cc1O. The summed E-state index contributed by atoms with van der Waals surface area (Å²) in [6.07, 6.45) is 0.488. The molecule has 25 heavy (non-hydrogen) atoms. The van der Waals surface area contributed by atoms with E-state index in [2.05, 4.69) is 0 Å². The summed E-state index contributed by atoms with van der Waals surface area (Å²) in [6.45, 7) is 1.96.